The van der Waals surface area contributed by atoms with Crippen LogP contribution in [0.1, 0.15) is 21.9 Å². The summed E-state index contributed by atoms with van der Waals surface area (Å²) in [6, 6.07) is 6.14. The molecule has 0 saturated carbocycles. The van der Waals surface area contributed by atoms with Gasteiger partial charge in [0.25, 0.3) is 5.91 Å². The third kappa shape index (κ3) is 3.35. The molecule has 4 aromatic rings. The first-order valence-corrected chi connectivity index (χ1v) is 10.2. The van der Waals surface area contributed by atoms with Gasteiger partial charge in [-0.3, -0.25) is 14.5 Å². The number of aryl methyl sites for hydroxylation is 3. The Hall–Kier alpha value is -3.62. The van der Waals surface area contributed by atoms with Crippen LogP contribution in [0.4, 0.5) is 10.2 Å². The number of carbonyl (C=O) groups is 1. The van der Waals surface area contributed by atoms with Crippen molar-refractivity contribution in [2.75, 3.05) is 31.1 Å². The Labute approximate surface area is 178 Å². The number of fused-ring (bicyclic) bond motifs is 2. The van der Waals surface area contributed by atoms with Crippen molar-refractivity contribution in [2.24, 2.45) is 7.05 Å². The minimum absolute atomic E-state index is 0.0628. The quantitative estimate of drug-likeness (QED) is 0.497. The second-order valence-corrected chi connectivity index (χ2v) is 7.85. The fourth-order valence-electron chi connectivity index (χ4n) is 4.16. The maximum absolute atomic E-state index is 13.6. The minimum atomic E-state index is -0.362. The van der Waals surface area contributed by atoms with E-state index in [0.717, 1.165) is 16.9 Å². The lowest BCUT2D eigenvalue weighted by Gasteiger charge is -2.35. The molecule has 0 aliphatic carbocycles. The lowest BCUT2D eigenvalue weighted by molar-refractivity contribution is 0.0748. The Morgan fingerprint density at radius 1 is 1.00 bits per heavy atom. The largest absolute Gasteiger partial charge is 0.352 e. The summed E-state index contributed by atoms with van der Waals surface area (Å²) in [5, 5.41) is 5.89. The van der Waals surface area contributed by atoms with E-state index in [1.807, 2.05) is 25.8 Å². The van der Waals surface area contributed by atoms with Gasteiger partial charge in [-0.15, -0.1) is 0 Å². The molecule has 1 aromatic carbocycles. The fourth-order valence-corrected chi connectivity index (χ4v) is 4.16. The lowest BCUT2D eigenvalue weighted by Crippen LogP contribution is -2.49. The lowest BCUT2D eigenvalue weighted by atomic mass is 10.1. The zero-order valence-electron chi connectivity index (χ0n) is 17.6. The van der Waals surface area contributed by atoms with Crippen LogP contribution < -0.4 is 4.90 Å². The van der Waals surface area contributed by atoms with Gasteiger partial charge in [-0.2, -0.15) is 5.10 Å². The van der Waals surface area contributed by atoms with Gasteiger partial charge in [0.05, 0.1) is 22.7 Å². The van der Waals surface area contributed by atoms with Crippen LogP contribution in [0.3, 0.4) is 0 Å². The molecule has 0 N–H and O–H groups in total. The molecule has 9 heteroatoms. The highest BCUT2D eigenvalue weighted by Crippen LogP contribution is 2.26. The normalized spacial score (nSPS) is 14.6. The van der Waals surface area contributed by atoms with Gasteiger partial charge in [-0.25, -0.2) is 14.4 Å². The van der Waals surface area contributed by atoms with Crippen molar-refractivity contribution in [1.29, 1.82) is 0 Å². The number of aromatic nitrogens is 5. The molecule has 158 valence electrons. The van der Waals surface area contributed by atoms with Gasteiger partial charge >= 0.3 is 0 Å². The van der Waals surface area contributed by atoms with Crippen molar-refractivity contribution in [3.63, 3.8) is 0 Å². The standard InChI is InChI=1S/C22H22FN7O/c1-13-10-17(16-5-4-15(23)11-19(16)25-13)22(31)30-8-6-29(7-9-30)21-18-12-24-28(3)20(18)26-14(2)27-21/h4-5,10-12H,6-9H2,1-3H3. The molecular weight excluding hydrogens is 397 g/mol. The van der Waals surface area contributed by atoms with Gasteiger partial charge in [-0.05, 0) is 32.0 Å². The number of nitrogens with zero attached hydrogens (tertiary/aromatic N) is 7. The molecule has 5 rings (SSSR count). The number of anilines is 1. The molecule has 1 aliphatic rings. The van der Waals surface area contributed by atoms with Gasteiger partial charge in [0.1, 0.15) is 17.5 Å². The molecule has 8 nitrogen and oxygen atoms in total. The Balaban J connectivity index is 1.41. The second-order valence-electron chi connectivity index (χ2n) is 7.85. The van der Waals surface area contributed by atoms with Gasteiger partial charge < -0.3 is 9.80 Å². The number of piperazine rings is 1. The van der Waals surface area contributed by atoms with E-state index in [9.17, 15) is 9.18 Å². The number of benzene rings is 1. The van der Waals surface area contributed by atoms with E-state index in [0.29, 0.717) is 54.2 Å². The number of halogens is 1. The zero-order chi connectivity index (χ0) is 21.7. The number of amides is 1. The number of pyridine rings is 1. The van der Waals surface area contributed by atoms with Crippen LogP contribution in [0.2, 0.25) is 0 Å². The van der Waals surface area contributed by atoms with Crippen molar-refractivity contribution in [1.82, 2.24) is 29.6 Å². The van der Waals surface area contributed by atoms with Crippen molar-refractivity contribution >= 4 is 33.7 Å². The SMILES string of the molecule is Cc1cc(C(=O)N2CCN(c3nc(C)nc4c3cnn4C)CC2)c2ccc(F)cc2n1. The summed E-state index contributed by atoms with van der Waals surface area (Å²) in [5.41, 5.74) is 2.54. The topological polar surface area (TPSA) is 80.0 Å². The van der Waals surface area contributed by atoms with E-state index in [4.69, 9.17) is 0 Å². The predicted molar refractivity (Wildman–Crippen MR) is 116 cm³/mol. The molecule has 0 radical (unpaired) electrons. The van der Waals surface area contributed by atoms with E-state index in [1.54, 1.807) is 23.0 Å². The van der Waals surface area contributed by atoms with Crippen LogP contribution in [-0.4, -0.2) is 61.7 Å². The Morgan fingerprint density at radius 3 is 2.55 bits per heavy atom. The average molecular weight is 419 g/mol. The van der Waals surface area contributed by atoms with E-state index < -0.39 is 0 Å². The van der Waals surface area contributed by atoms with Crippen LogP contribution in [0.25, 0.3) is 21.9 Å². The molecule has 0 bridgehead atoms. The first-order valence-electron chi connectivity index (χ1n) is 10.2. The predicted octanol–water partition coefficient (Wildman–Crippen LogP) is 2.63. The van der Waals surface area contributed by atoms with Crippen molar-refractivity contribution in [3.8, 4) is 0 Å². The molecule has 3 aromatic heterocycles. The maximum atomic E-state index is 13.6. The molecule has 1 saturated heterocycles. The molecule has 0 atom stereocenters. The highest BCUT2D eigenvalue weighted by Gasteiger charge is 2.26. The molecular formula is C22H22FN7O. The Morgan fingerprint density at radius 2 is 1.77 bits per heavy atom. The van der Waals surface area contributed by atoms with E-state index in [-0.39, 0.29) is 11.7 Å². The summed E-state index contributed by atoms with van der Waals surface area (Å²) in [5.74, 6) is 1.12. The van der Waals surface area contributed by atoms with E-state index >= 15 is 0 Å². The van der Waals surface area contributed by atoms with Crippen molar-refractivity contribution in [2.45, 2.75) is 13.8 Å². The van der Waals surface area contributed by atoms with Crippen LogP contribution in [0.15, 0.2) is 30.5 Å². The van der Waals surface area contributed by atoms with Crippen LogP contribution in [0, 0.1) is 19.7 Å². The molecule has 1 fully saturated rings. The maximum Gasteiger partial charge on any atom is 0.254 e. The summed E-state index contributed by atoms with van der Waals surface area (Å²) in [6.07, 6.45) is 1.78. The van der Waals surface area contributed by atoms with Gasteiger partial charge in [0, 0.05) is 50.4 Å². The van der Waals surface area contributed by atoms with Gasteiger partial charge in [0.2, 0.25) is 0 Å². The first-order chi connectivity index (χ1) is 14.9. The average Bonchev–Trinajstić information content (AvgIpc) is 3.12. The van der Waals surface area contributed by atoms with E-state index in [1.165, 1.54) is 12.1 Å². The van der Waals surface area contributed by atoms with Gasteiger partial charge in [0.15, 0.2) is 5.65 Å². The van der Waals surface area contributed by atoms with Crippen LogP contribution in [0.5, 0.6) is 0 Å². The smallest absolute Gasteiger partial charge is 0.254 e. The summed E-state index contributed by atoms with van der Waals surface area (Å²) >= 11 is 0. The second kappa shape index (κ2) is 7.26. The van der Waals surface area contributed by atoms with Crippen LogP contribution >= 0.6 is 0 Å². The molecule has 0 unspecified atom stereocenters. The monoisotopic (exact) mass is 419 g/mol. The van der Waals surface area contributed by atoms with Gasteiger partial charge in [-0.1, -0.05) is 0 Å². The molecule has 1 aliphatic heterocycles. The van der Waals surface area contributed by atoms with Crippen LogP contribution in [-0.2, 0) is 7.05 Å². The Kier molecular flexibility index (Phi) is 4.53. The zero-order valence-corrected chi connectivity index (χ0v) is 17.6. The van der Waals surface area contributed by atoms with Crippen molar-refractivity contribution < 1.29 is 9.18 Å². The molecule has 31 heavy (non-hydrogen) atoms. The number of hydrogen-bond acceptors (Lipinski definition) is 6. The third-order valence-electron chi connectivity index (χ3n) is 5.68. The summed E-state index contributed by atoms with van der Waals surface area (Å²) in [7, 11) is 1.86. The van der Waals surface area contributed by atoms with Crippen molar-refractivity contribution in [3.05, 3.63) is 53.4 Å². The summed E-state index contributed by atoms with van der Waals surface area (Å²) in [4.78, 5) is 30.8. The molecule has 0 spiro atoms. The fraction of sp³-hybridized carbons (Fsp3) is 0.318. The third-order valence-corrected chi connectivity index (χ3v) is 5.68. The summed E-state index contributed by atoms with van der Waals surface area (Å²) < 4.78 is 15.4. The molecule has 1 amide bonds. The summed E-state index contributed by atoms with van der Waals surface area (Å²) in [6.45, 7) is 6.12. The number of rotatable bonds is 2. The number of carbonyl (C=O) groups excluding carboxylic acids is 1. The number of hydrogen-bond donors (Lipinski definition) is 0. The highest BCUT2D eigenvalue weighted by atomic mass is 19.1. The van der Waals surface area contributed by atoms with E-state index in [2.05, 4.69) is 25.0 Å². The highest BCUT2D eigenvalue weighted by molar-refractivity contribution is 6.06. The first kappa shape index (κ1) is 19.3. The molecule has 4 heterocycles. The Bertz CT molecular complexity index is 1320. The minimum Gasteiger partial charge on any atom is -0.352 e.